The molecule has 0 saturated carbocycles. The standard InChI is InChI=1S/C17H20N2O3.C12H10BrNO2.C6H13N/c1-22-17(21)9-12-2-3-16-13(8-12)10-14(11-18-16)19-6-4-15(20)5-7-19;1-16-12(15)5-8-2-3-11-9(4-8)6-10(13)7-14-11;1-6-2-4-7-5-3-6/h2-3,8,10-11,15,20H,4-7,9H2,1H3;2-4,6-7H,5H2,1H3;6-7H,2-5H2,1H3. The van der Waals surface area contributed by atoms with E-state index in [0.29, 0.717) is 6.42 Å². The van der Waals surface area contributed by atoms with Crippen LogP contribution in [0.2, 0.25) is 0 Å². The molecule has 0 spiro atoms. The summed E-state index contributed by atoms with van der Waals surface area (Å²) >= 11 is 3.37. The smallest absolute Gasteiger partial charge is 0.309 e. The molecule has 240 valence electrons. The van der Waals surface area contributed by atoms with Gasteiger partial charge in [-0.05, 0) is 108 Å². The Morgan fingerprint density at radius 3 is 1.89 bits per heavy atom. The Morgan fingerprint density at radius 2 is 1.38 bits per heavy atom. The van der Waals surface area contributed by atoms with Crippen molar-refractivity contribution < 1.29 is 24.2 Å². The number of aromatic nitrogens is 2. The fourth-order valence-corrected chi connectivity index (χ4v) is 5.63. The summed E-state index contributed by atoms with van der Waals surface area (Å²) in [6.45, 7) is 6.48. The van der Waals surface area contributed by atoms with Crippen LogP contribution in [-0.2, 0) is 31.9 Å². The Morgan fingerprint density at radius 1 is 0.844 bits per heavy atom. The molecule has 4 aromatic rings. The number of carbonyl (C=O) groups is 2. The van der Waals surface area contributed by atoms with Crippen LogP contribution in [0.15, 0.2) is 65.4 Å². The number of aliphatic hydroxyl groups is 1. The number of hydrogen-bond acceptors (Lipinski definition) is 9. The van der Waals surface area contributed by atoms with Crippen molar-refractivity contribution in [2.75, 3.05) is 45.3 Å². The van der Waals surface area contributed by atoms with Gasteiger partial charge in [0.15, 0.2) is 0 Å². The van der Waals surface area contributed by atoms with Crippen molar-refractivity contribution in [3.63, 3.8) is 0 Å². The number of nitrogens with one attached hydrogen (secondary N) is 1. The molecule has 2 saturated heterocycles. The molecule has 2 aliphatic heterocycles. The van der Waals surface area contributed by atoms with E-state index in [9.17, 15) is 14.7 Å². The highest BCUT2D eigenvalue weighted by Crippen LogP contribution is 2.24. The number of hydrogen-bond donors (Lipinski definition) is 2. The fourth-order valence-electron chi connectivity index (χ4n) is 5.28. The third kappa shape index (κ3) is 10.8. The largest absolute Gasteiger partial charge is 0.469 e. The van der Waals surface area contributed by atoms with Crippen molar-refractivity contribution in [1.82, 2.24) is 15.3 Å². The summed E-state index contributed by atoms with van der Waals surface area (Å²) in [5.74, 6) is 0.497. The number of pyridine rings is 2. The number of piperidine rings is 2. The van der Waals surface area contributed by atoms with Crippen molar-refractivity contribution in [2.24, 2.45) is 5.92 Å². The van der Waals surface area contributed by atoms with Gasteiger partial charge in [0.25, 0.3) is 0 Å². The fraction of sp³-hybridized carbons (Fsp3) is 0.429. The first-order valence-corrected chi connectivity index (χ1v) is 16.2. The predicted octanol–water partition coefficient (Wildman–Crippen LogP) is 5.63. The van der Waals surface area contributed by atoms with Crippen LogP contribution in [0.1, 0.15) is 43.7 Å². The molecule has 6 rings (SSSR count). The molecule has 0 atom stereocenters. The Labute approximate surface area is 273 Å². The van der Waals surface area contributed by atoms with Crippen LogP contribution in [0.4, 0.5) is 5.69 Å². The molecule has 9 nitrogen and oxygen atoms in total. The van der Waals surface area contributed by atoms with Gasteiger partial charge in [-0.25, -0.2) is 0 Å². The van der Waals surface area contributed by atoms with Gasteiger partial charge in [-0.15, -0.1) is 0 Å². The van der Waals surface area contributed by atoms with E-state index in [-0.39, 0.29) is 24.5 Å². The maximum absolute atomic E-state index is 11.4. The van der Waals surface area contributed by atoms with Gasteiger partial charge in [0.2, 0.25) is 0 Å². The van der Waals surface area contributed by atoms with Gasteiger partial charge in [0.05, 0.1) is 56.1 Å². The monoisotopic (exact) mass is 678 g/mol. The number of aliphatic hydroxyl groups excluding tert-OH is 1. The number of halogens is 1. The number of carbonyl (C=O) groups excluding carboxylic acids is 2. The zero-order valence-electron chi connectivity index (χ0n) is 26.3. The highest BCUT2D eigenvalue weighted by molar-refractivity contribution is 9.10. The average Bonchev–Trinajstić information content (AvgIpc) is 3.05. The number of benzene rings is 2. The van der Waals surface area contributed by atoms with E-state index in [1.165, 1.54) is 40.2 Å². The molecule has 0 unspecified atom stereocenters. The van der Waals surface area contributed by atoms with E-state index in [1.807, 2.05) is 48.7 Å². The lowest BCUT2D eigenvalue weighted by molar-refractivity contribution is -0.140. The molecular formula is C35H43BrN4O5. The number of fused-ring (bicyclic) bond motifs is 2. The Kier molecular flexibility index (Phi) is 13.1. The van der Waals surface area contributed by atoms with E-state index in [0.717, 1.165) is 74.9 Å². The molecule has 45 heavy (non-hydrogen) atoms. The van der Waals surface area contributed by atoms with Crippen molar-refractivity contribution in [1.29, 1.82) is 0 Å². The van der Waals surface area contributed by atoms with Crippen molar-refractivity contribution in [3.05, 3.63) is 76.5 Å². The Bertz CT molecular complexity index is 1570. The number of nitrogens with zero attached hydrogens (tertiary/aromatic N) is 3. The van der Waals surface area contributed by atoms with Crippen LogP contribution in [0, 0.1) is 5.92 Å². The number of ether oxygens (including phenoxy) is 2. The minimum atomic E-state index is -0.242. The van der Waals surface area contributed by atoms with E-state index < -0.39 is 0 Å². The second-order valence-corrected chi connectivity index (χ2v) is 12.5. The first-order chi connectivity index (χ1) is 21.7. The topological polar surface area (TPSA) is 114 Å². The second kappa shape index (κ2) is 17.2. The minimum absolute atomic E-state index is 0.184. The van der Waals surface area contributed by atoms with E-state index >= 15 is 0 Å². The van der Waals surface area contributed by atoms with Gasteiger partial charge in [0, 0.05) is 34.5 Å². The summed E-state index contributed by atoms with van der Waals surface area (Å²) in [5.41, 5.74) is 4.74. The highest BCUT2D eigenvalue weighted by atomic mass is 79.9. The first-order valence-electron chi connectivity index (χ1n) is 15.4. The van der Waals surface area contributed by atoms with Crippen LogP contribution in [0.3, 0.4) is 0 Å². The van der Waals surface area contributed by atoms with Crippen LogP contribution in [0.25, 0.3) is 21.8 Å². The first kappa shape index (κ1) is 34.3. The summed E-state index contributed by atoms with van der Waals surface area (Å²) in [7, 11) is 2.79. The SMILES string of the molecule is CC1CCNCC1.COC(=O)Cc1ccc2ncc(Br)cc2c1.COC(=O)Cc1ccc2ncc(N3CCC(O)CC3)cc2c1. The molecule has 0 radical (unpaired) electrons. The summed E-state index contributed by atoms with van der Waals surface area (Å²) in [4.78, 5) is 33.5. The predicted molar refractivity (Wildman–Crippen MR) is 181 cm³/mol. The molecule has 2 aromatic heterocycles. The van der Waals surface area contributed by atoms with Crippen molar-refractivity contribution >= 4 is 55.4 Å². The lowest BCUT2D eigenvalue weighted by Crippen LogP contribution is -2.35. The average molecular weight is 680 g/mol. The molecule has 2 N–H and O–H groups in total. The quantitative estimate of drug-likeness (QED) is 0.259. The zero-order valence-corrected chi connectivity index (χ0v) is 27.9. The maximum Gasteiger partial charge on any atom is 0.309 e. The van der Waals surface area contributed by atoms with E-state index in [4.69, 9.17) is 4.74 Å². The molecule has 0 amide bonds. The summed E-state index contributed by atoms with van der Waals surface area (Å²) in [6.07, 6.45) is 8.34. The van der Waals surface area contributed by atoms with E-state index in [1.54, 1.807) is 6.20 Å². The number of rotatable bonds is 5. The Hall–Kier alpha value is -3.60. The van der Waals surface area contributed by atoms with Crippen LogP contribution in [-0.4, -0.2) is 73.5 Å². The van der Waals surface area contributed by atoms with Gasteiger partial charge in [-0.1, -0.05) is 19.1 Å². The van der Waals surface area contributed by atoms with Crippen LogP contribution < -0.4 is 10.2 Å². The molecular weight excluding hydrogens is 636 g/mol. The lowest BCUT2D eigenvalue weighted by atomic mass is 10.0. The van der Waals surface area contributed by atoms with Crippen molar-refractivity contribution in [3.8, 4) is 0 Å². The van der Waals surface area contributed by atoms with Gasteiger partial charge in [0.1, 0.15) is 0 Å². The number of anilines is 1. The molecule has 0 bridgehead atoms. The third-order valence-corrected chi connectivity index (χ3v) is 8.49. The van der Waals surface area contributed by atoms with Gasteiger partial charge >= 0.3 is 11.9 Å². The zero-order chi connectivity index (χ0) is 32.2. The van der Waals surface area contributed by atoms with Gasteiger partial charge < -0.3 is 24.8 Å². The summed E-state index contributed by atoms with van der Waals surface area (Å²) in [6, 6.07) is 15.6. The second-order valence-electron chi connectivity index (χ2n) is 11.6. The number of esters is 2. The molecule has 4 heterocycles. The van der Waals surface area contributed by atoms with Crippen molar-refractivity contribution in [2.45, 2.75) is 51.6 Å². The maximum atomic E-state index is 11.4. The highest BCUT2D eigenvalue weighted by Gasteiger charge is 2.18. The van der Waals surface area contributed by atoms with Crippen LogP contribution in [0.5, 0.6) is 0 Å². The number of methoxy groups -OCH3 is 2. The Balaban J connectivity index is 0.000000174. The molecule has 0 aliphatic carbocycles. The van der Waals surface area contributed by atoms with E-state index in [2.05, 4.69) is 53.8 Å². The molecule has 2 fully saturated rings. The summed E-state index contributed by atoms with van der Waals surface area (Å²) < 4.78 is 10.3. The summed E-state index contributed by atoms with van der Waals surface area (Å²) in [5, 5.41) is 14.9. The molecule has 2 aromatic carbocycles. The molecule has 2 aliphatic rings. The minimum Gasteiger partial charge on any atom is -0.469 e. The lowest BCUT2D eigenvalue weighted by Gasteiger charge is -2.31. The van der Waals surface area contributed by atoms with Gasteiger partial charge in [-0.2, -0.15) is 0 Å². The molecule has 10 heteroatoms. The normalized spacial score (nSPS) is 15.4. The van der Waals surface area contributed by atoms with Gasteiger partial charge in [-0.3, -0.25) is 19.6 Å². The van der Waals surface area contributed by atoms with Crippen LogP contribution >= 0.6 is 15.9 Å². The third-order valence-electron chi connectivity index (χ3n) is 8.05.